The molecule has 14 heteroatoms. The van der Waals surface area contributed by atoms with Gasteiger partial charge in [0, 0.05) is 25.6 Å². The minimum Gasteiger partial charge on any atom is -0.455 e. The van der Waals surface area contributed by atoms with Crippen molar-refractivity contribution >= 4 is 41.2 Å². The number of Topliss-reactive ketones (excluding diaryl/α,β-unsaturated/α-hetero) is 3. The molecule has 1 aliphatic heterocycles. The maximum Gasteiger partial charge on any atom is 0.417 e. The van der Waals surface area contributed by atoms with Gasteiger partial charge >= 0.3 is 12.1 Å². The van der Waals surface area contributed by atoms with Crippen LogP contribution in [-0.2, 0) is 44.8 Å². The molecular formula is C35H42N4O10. The molecule has 4 N–H and O–H groups in total. The Balaban J connectivity index is 1.75. The average Bonchev–Trinajstić information content (AvgIpc) is 3.53. The largest absolute Gasteiger partial charge is 0.455 e. The number of ketones is 3. The molecule has 1 saturated heterocycles. The lowest BCUT2D eigenvalue weighted by Gasteiger charge is -2.44. The van der Waals surface area contributed by atoms with Gasteiger partial charge in [-0.05, 0) is 44.7 Å². The lowest BCUT2D eigenvalue weighted by molar-refractivity contribution is -0.178. The number of methoxy groups -OCH3 is 1. The fourth-order valence-electron chi connectivity index (χ4n) is 6.37. The van der Waals surface area contributed by atoms with Crippen LogP contribution in [0.15, 0.2) is 60.7 Å². The maximum absolute atomic E-state index is 14.7. The van der Waals surface area contributed by atoms with Crippen LogP contribution in [0.1, 0.15) is 54.9 Å². The van der Waals surface area contributed by atoms with Gasteiger partial charge in [0.05, 0.1) is 12.0 Å². The van der Waals surface area contributed by atoms with E-state index in [1.807, 2.05) is 0 Å². The molecule has 0 aromatic heterocycles. The van der Waals surface area contributed by atoms with Crippen molar-refractivity contribution in [3.8, 4) is 0 Å². The van der Waals surface area contributed by atoms with Crippen molar-refractivity contribution < 1.29 is 47.8 Å². The molecule has 262 valence electrons. The standard InChI is InChI=1S/C35H42N4O10/c1-22(37)31(43)39(34(46)49-20-23-11-5-3-6-12-23)26(15-9-10-17-36)32(44)38-18-16-25-27(40)19-29(47-2)30(42)35(25,38)33(45)48-21-28(41)24-13-7-4-8-14-24/h3-8,11-14,22,25-26,29H,9-10,15-21,36-37H2,1-2H3/t22-,25?,26-,29?,35-/m0/s1. The molecular weight excluding hydrogens is 636 g/mol. The molecule has 1 saturated carbocycles. The van der Waals surface area contributed by atoms with E-state index in [-0.39, 0.29) is 50.9 Å². The van der Waals surface area contributed by atoms with Crippen molar-refractivity contribution in [3.63, 3.8) is 0 Å². The molecule has 49 heavy (non-hydrogen) atoms. The van der Waals surface area contributed by atoms with Crippen LogP contribution >= 0.6 is 0 Å². The van der Waals surface area contributed by atoms with Crippen LogP contribution in [0.2, 0.25) is 0 Å². The number of rotatable bonds is 14. The zero-order valence-electron chi connectivity index (χ0n) is 27.6. The Morgan fingerprint density at radius 1 is 0.980 bits per heavy atom. The topological polar surface area (TPSA) is 206 Å². The Kier molecular flexibility index (Phi) is 12.5. The molecule has 2 fully saturated rings. The number of hydrogen-bond acceptors (Lipinski definition) is 12. The van der Waals surface area contributed by atoms with Crippen molar-refractivity contribution in [2.24, 2.45) is 17.4 Å². The molecule has 2 aromatic carbocycles. The Labute approximate surface area is 284 Å². The van der Waals surface area contributed by atoms with E-state index >= 15 is 0 Å². The summed E-state index contributed by atoms with van der Waals surface area (Å²) in [7, 11) is 1.19. The van der Waals surface area contributed by atoms with E-state index in [0.29, 0.717) is 16.9 Å². The Morgan fingerprint density at radius 2 is 1.63 bits per heavy atom. The minimum absolute atomic E-state index is 0.0936. The molecule has 3 amide bonds. The molecule has 5 atom stereocenters. The third kappa shape index (κ3) is 7.77. The number of nitrogens with zero attached hydrogens (tertiary/aromatic N) is 2. The minimum atomic E-state index is -2.52. The summed E-state index contributed by atoms with van der Waals surface area (Å²) in [5, 5.41) is 0. The number of fused-ring (bicyclic) bond motifs is 1. The second-order valence-electron chi connectivity index (χ2n) is 12.1. The summed E-state index contributed by atoms with van der Waals surface area (Å²) in [6.07, 6.45) is -2.45. The average molecular weight is 679 g/mol. The highest BCUT2D eigenvalue weighted by atomic mass is 16.6. The smallest absolute Gasteiger partial charge is 0.417 e. The lowest BCUT2D eigenvalue weighted by atomic mass is 9.70. The Morgan fingerprint density at radius 3 is 2.24 bits per heavy atom. The number of benzene rings is 2. The van der Waals surface area contributed by atoms with Crippen LogP contribution < -0.4 is 11.5 Å². The molecule has 14 nitrogen and oxygen atoms in total. The molecule has 0 radical (unpaired) electrons. The van der Waals surface area contributed by atoms with Crippen LogP contribution in [0.5, 0.6) is 0 Å². The fraction of sp³-hybridized carbons (Fsp3) is 0.457. The summed E-state index contributed by atoms with van der Waals surface area (Å²) in [5.74, 6) is -6.52. The van der Waals surface area contributed by atoms with E-state index in [1.165, 1.54) is 26.2 Å². The van der Waals surface area contributed by atoms with Gasteiger partial charge in [0.1, 0.15) is 24.5 Å². The van der Waals surface area contributed by atoms with Crippen LogP contribution in [0.3, 0.4) is 0 Å². The summed E-state index contributed by atoms with van der Waals surface area (Å²) < 4.78 is 16.2. The predicted molar refractivity (Wildman–Crippen MR) is 174 cm³/mol. The first-order chi connectivity index (χ1) is 23.5. The maximum atomic E-state index is 14.7. The third-order valence-corrected chi connectivity index (χ3v) is 8.86. The van der Waals surface area contributed by atoms with Gasteiger partial charge in [-0.3, -0.25) is 24.0 Å². The molecule has 1 heterocycles. The highest BCUT2D eigenvalue weighted by Crippen LogP contribution is 2.44. The van der Waals surface area contributed by atoms with Crippen LogP contribution in [0, 0.1) is 5.92 Å². The first-order valence-electron chi connectivity index (χ1n) is 16.1. The number of hydrogen-bond donors (Lipinski definition) is 2. The lowest BCUT2D eigenvalue weighted by Crippen LogP contribution is -2.71. The quantitative estimate of drug-likeness (QED) is 0.126. The second-order valence-corrected chi connectivity index (χ2v) is 12.1. The molecule has 0 bridgehead atoms. The molecule has 4 rings (SSSR count). The van der Waals surface area contributed by atoms with Crippen molar-refractivity contribution in [1.82, 2.24) is 9.80 Å². The van der Waals surface area contributed by atoms with Gasteiger partial charge in [0.2, 0.25) is 17.4 Å². The van der Waals surface area contributed by atoms with Crippen molar-refractivity contribution in [2.45, 2.75) is 69.4 Å². The van der Waals surface area contributed by atoms with Crippen molar-refractivity contribution in [1.29, 1.82) is 0 Å². The Hall–Kier alpha value is -4.79. The summed E-state index contributed by atoms with van der Waals surface area (Å²) in [6.45, 7) is 0.292. The number of esters is 1. The van der Waals surface area contributed by atoms with Crippen LogP contribution in [0.25, 0.3) is 0 Å². The van der Waals surface area contributed by atoms with E-state index in [4.69, 9.17) is 25.7 Å². The highest BCUT2D eigenvalue weighted by molar-refractivity contribution is 6.20. The predicted octanol–water partition coefficient (Wildman–Crippen LogP) is 1.57. The molecule has 1 aliphatic carbocycles. The van der Waals surface area contributed by atoms with E-state index < -0.39 is 77.5 Å². The van der Waals surface area contributed by atoms with Crippen LogP contribution in [0.4, 0.5) is 4.79 Å². The van der Waals surface area contributed by atoms with Gasteiger partial charge < -0.3 is 30.6 Å². The fourth-order valence-corrected chi connectivity index (χ4v) is 6.37. The third-order valence-electron chi connectivity index (χ3n) is 8.86. The monoisotopic (exact) mass is 678 g/mol. The number of amides is 3. The number of likely N-dealkylation sites (tertiary alicyclic amines) is 1. The first kappa shape index (κ1) is 37.0. The van der Waals surface area contributed by atoms with Gasteiger partial charge in [0.15, 0.2) is 18.2 Å². The number of imide groups is 1. The normalized spacial score (nSPS) is 21.3. The van der Waals surface area contributed by atoms with Crippen molar-refractivity contribution in [3.05, 3.63) is 71.8 Å². The molecule has 2 aliphatic rings. The van der Waals surface area contributed by atoms with Crippen molar-refractivity contribution in [2.75, 3.05) is 26.8 Å². The van der Waals surface area contributed by atoms with E-state index in [1.54, 1.807) is 48.5 Å². The number of ether oxygens (including phenoxy) is 3. The Bertz CT molecular complexity index is 1550. The summed E-state index contributed by atoms with van der Waals surface area (Å²) in [6, 6.07) is 13.8. The summed E-state index contributed by atoms with van der Waals surface area (Å²) in [4.78, 5) is 98.1. The molecule has 2 unspecified atom stereocenters. The molecule has 2 aromatic rings. The van der Waals surface area contributed by atoms with E-state index in [2.05, 4.69) is 0 Å². The number of carbonyl (C=O) groups excluding carboxylic acids is 7. The SMILES string of the molecule is COC1CC(=O)C2CCN(C(=O)[C@H](CCCCN)N(C(=O)OCc3ccccc3)C(=O)[C@H](C)N)[C@]2(C(=O)OCC(=O)c2ccccc2)C1=O. The first-order valence-corrected chi connectivity index (χ1v) is 16.1. The summed E-state index contributed by atoms with van der Waals surface area (Å²) in [5.41, 5.74) is 9.98. The zero-order valence-corrected chi connectivity index (χ0v) is 27.6. The zero-order chi connectivity index (χ0) is 35.7. The van der Waals surface area contributed by atoms with Gasteiger partial charge in [-0.1, -0.05) is 60.7 Å². The molecule has 0 spiro atoms. The van der Waals surface area contributed by atoms with Gasteiger partial charge in [-0.25, -0.2) is 14.5 Å². The highest BCUT2D eigenvalue weighted by Gasteiger charge is 2.69. The van der Waals surface area contributed by atoms with Crippen LogP contribution in [-0.4, -0.2) is 102 Å². The second kappa shape index (κ2) is 16.5. The number of nitrogens with two attached hydrogens (primary N) is 2. The number of unbranched alkanes of at least 4 members (excludes halogenated alkanes) is 1. The van der Waals surface area contributed by atoms with E-state index in [9.17, 15) is 33.6 Å². The number of carbonyl (C=O) groups is 7. The van der Waals surface area contributed by atoms with Gasteiger partial charge in [0.25, 0.3) is 0 Å². The van der Waals surface area contributed by atoms with E-state index in [0.717, 1.165) is 4.90 Å². The summed E-state index contributed by atoms with van der Waals surface area (Å²) >= 11 is 0. The van der Waals surface area contributed by atoms with Gasteiger partial charge in [-0.15, -0.1) is 0 Å². The van der Waals surface area contributed by atoms with Gasteiger partial charge in [-0.2, -0.15) is 0 Å².